The molecule has 1 spiro atoms. The fourth-order valence-electron chi connectivity index (χ4n) is 4.68. The fraction of sp³-hybridized carbons (Fsp3) is 0.292. The number of aromatic nitrogens is 4. The third-order valence-electron chi connectivity index (χ3n) is 6.50. The van der Waals surface area contributed by atoms with E-state index >= 15 is 0 Å². The number of nitrogens with one attached hydrogen (secondary N) is 1. The molecule has 0 saturated carbocycles. The molecule has 2 fully saturated rings. The number of halogens is 2. The molecule has 0 unspecified atom stereocenters. The van der Waals surface area contributed by atoms with E-state index in [0.717, 1.165) is 54.2 Å². The van der Waals surface area contributed by atoms with Crippen LogP contribution in [-0.4, -0.2) is 45.9 Å². The van der Waals surface area contributed by atoms with Crippen LogP contribution in [0.5, 0.6) is 5.75 Å². The molecule has 0 bridgehead atoms. The summed E-state index contributed by atoms with van der Waals surface area (Å²) in [5, 5.41) is 9.88. The van der Waals surface area contributed by atoms with E-state index in [9.17, 15) is 0 Å². The molecule has 1 N–H and O–H groups in total. The Labute approximate surface area is 201 Å². The molecule has 5 heterocycles. The van der Waals surface area contributed by atoms with Gasteiger partial charge >= 0.3 is 0 Å². The Hall–Kier alpha value is -2.87. The lowest BCUT2D eigenvalue weighted by Crippen LogP contribution is -2.71. The second kappa shape index (κ2) is 7.87. The number of anilines is 1. The monoisotopic (exact) mass is 480 g/mol. The number of hydrogen-bond donors (Lipinski definition) is 1. The molecule has 2 aliphatic rings. The predicted molar refractivity (Wildman–Crippen MR) is 130 cm³/mol. The molecule has 4 aromatic rings. The van der Waals surface area contributed by atoms with E-state index < -0.39 is 0 Å². The first-order valence-electron chi connectivity index (χ1n) is 10.9. The van der Waals surface area contributed by atoms with Gasteiger partial charge in [-0.15, -0.1) is 0 Å². The van der Waals surface area contributed by atoms with Gasteiger partial charge in [0.15, 0.2) is 0 Å². The molecule has 2 aliphatic heterocycles. The highest BCUT2D eigenvalue weighted by Crippen LogP contribution is 2.37. The molecule has 0 amide bonds. The Morgan fingerprint density at radius 3 is 2.48 bits per heavy atom. The third-order valence-corrected chi connectivity index (χ3v) is 7.10. The zero-order valence-electron chi connectivity index (χ0n) is 18.0. The van der Waals surface area contributed by atoms with E-state index in [0.29, 0.717) is 21.2 Å². The Balaban J connectivity index is 1.20. The summed E-state index contributed by atoms with van der Waals surface area (Å²) < 4.78 is 8.01. The van der Waals surface area contributed by atoms with E-state index in [1.54, 1.807) is 12.4 Å². The molecule has 0 radical (unpaired) electrons. The SMILES string of the molecule is C[C@@H](Oc1ccc2c(cnn2-c2ccc(N3CC4(CNC4)C3)nc2)c1)c1c(Cl)cncc1Cl. The van der Waals surface area contributed by atoms with Crippen molar-refractivity contribution < 1.29 is 4.74 Å². The van der Waals surface area contributed by atoms with Crippen molar-refractivity contribution in [2.45, 2.75) is 13.0 Å². The standard InChI is InChI=1S/C24H22Cl2N6O/c1-15(23-19(25)9-27-10-20(23)26)33-18-3-4-21-16(6-18)7-30-32(21)17-2-5-22(29-8-17)31-13-24(14-31)11-28-12-24/h2-10,15,28H,11-14H2,1H3/t15-/m1/s1. The predicted octanol–water partition coefficient (Wildman–Crippen LogP) is 4.67. The molecule has 7 nitrogen and oxygen atoms in total. The van der Waals surface area contributed by atoms with Crippen LogP contribution in [0.3, 0.4) is 0 Å². The number of hydrogen-bond acceptors (Lipinski definition) is 6. The first-order chi connectivity index (χ1) is 16.0. The van der Waals surface area contributed by atoms with Gasteiger partial charge in [0, 0.05) is 54.9 Å². The zero-order valence-corrected chi connectivity index (χ0v) is 19.5. The normalized spacial score (nSPS) is 17.6. The first kappa shape index (κ1) is 20.7. The van der Waals surface area contributed by atoms with Crippen molar-refractivity contribution in [3.8, 4) is 11.4 Å². The second-order valence-corrected chi connectivity index (χ2v) is 9.70. The average Bonchev–Trinajstić information content (AvgIpc) is 3.15. The van der Waals surface area contributed by atoms with Crippen LogP contribution in [0, 0.1) is 5.41 Å². The number of ether oxygens (including phenoxy) is 1. The summed E-state index contributed by atoms with van der Waals surface area (Å²) in [6.07, 6.45) is 6.52. The van der Waals surface area contributed by atoms with E-state index in [1.165, 1.54) is 0 Å². The summed E-state index contributed by atoms with van der Waals surface area (Å²) in [5.41, 5.74) is 3.10. The van der Waals surface area contributed by atoms with Crippen LogP contribution in [0.2, 0.25) is 10.0 Å². The third kappa shape index (κ3) is 3.60. The first-order valence-corrected chi connectivity index (χ1v) is 11.6. The summed E-state index contributed by atoms with van der Waals surface area (Å²) in [6, 6.07) is 10.0. The van der Waals surface area contributed by atoms with Crippen LogP contribution >= 0.6 is 23.2 Å². The molecule has 9 heteroatoms. The van der Waals surface area contributed by atoms with Crippen molar-refractivity contribution in [1.29, 1.82) is 0 Å². The van der Waals surface area contributed by atoms with Gasteiger partial charge in [0.05, 0.1) is 33.6 Å². The van der Waals surface area contributed by atoms with Gasteiger partial charge in [-0.2, -0.15) is 5.10 Å². The van der Waals surface area contributed by atoms with Gasteiger partial charge < -0.3 is 15.0 Å². The van der Waals surface area contributed by atoms with E-state index in [2.05, 4.69) is 37.4 Å². The fourth-order valence-corrected chi connectivity index (χ4v) is 5.35. The summed E-state index contributed by atoms with van der Waals surface area (Å²) in [4.78, 5) is 11.0. The molecule has 1 aromatic carbocycles. The van der Waals surface area contributed by atoms with Crippen molar-refractivity contribution in [2.75, 3.05) is 31.1 Å². The quantitative estimate of drug-likeness (QED) is 0.447. The highest BCUT2D eigenvalue weighted by Gasteiger charge is 2.47. The molecule has 3 aromatic heterocycles. The maximum Gasteiger partial charge on any atom is 0.128 e. The summed E-state index contributed by atoms with van der Waals surface area (Å²) in [5.74, 6) is 1.73. The smallest absolute Gasteiger partial charge is 0.128 e. The summed E-state index contributed by atoms with van der Waals surface area (Å²) in [7, 11) is 0. The Morgan fingerprint density at radius 1 is 1.03 bits per heavy atom. The van der Waals surface area contributed by atoms with Crippen LogP contribution < -0.4 is 15.0 Å². The summed E-state index contributed by atoms with van der Waals surface area (Å²) >= 11 is 12.5. The van der Waals surface area contributed by atoms with Gasteiger partial charge in [0.2, 0.25) is 0 Å². The minimum absolute atomic E-state index is 0.325. The van der Waals surface area contributed by atoms with Crippen molar-refractivity contribution in [3.63, 3.8) is 0 Å². The van der Waals surface area contributed by atoms with E-state index in [-0.39, 0.29) is 6.10 Å². The van der Waals surface area contributed by atoms with Gasteiger partial charge in [-0.1, -0.05) is 23.2 Å². The lowest BCUT2D eigenvalue weighted by Gasteiger charge is -2.56. The zero-order chi connectivity index (χ0) is 22.6. The highest BCUT2D eigenvalue weighted by molar-refractivity contribution is 6.35. The van der Waals surface area contributed by atoms with Gasteiger partial charge in [-0.25, -0.2) is 9.67 Å². The van der Waals surface area contributed by atoms with Crippen LogP contribution in [0.4, 0.5) is 5.82 Å². The number of pyridine rings is 2. The molecular weight excluding hydrogens is 459 g/mol. The molecule has 1 atom stereocenters. The molecular formula is C24H22Cl2N6O. The number of fused-ring (bicyclic) bond motifs is 1. The molecule has 168 valence electrons. The number of benzene rings is 1. The highest BCUT2D eigenvalue weighted by atomic mass is 35.5. The molecule has 0 aliphatic carbocycles. The van der Waals surface area contributed by atoms with E-state index in [1.807, 2.05) is 42.2 Å². The van der Waals surface area contributed by atoms with E-state index in [4.69, 9.17) is 27.9 Å². The average molecular weight is 481 g/mol. The topological polar surface area (TPSA) is 68.1 Å². The Bertz CT molecular complexity index is 1310. The van der Waals surface area contributed by atoms with Crippen LogP contribution in [0.1, 0.15) is 18.6 Å². The lowest BCUT2D eigenvalue weighted by atomic mass is 9.74. The van der Waals surface area contributed by atoms with Gasteiger partial charge in [-0.05, 0) is 37.3 Å². The van der Waals surface area contributed by atoms with Crippen LogP contribution in [0.25, 0.3) is 16.6 Å². The number of rotatable bonds is 5. The molecule has 33 heavy (non-hydrogen) atoms. The molecule has 2 saturated heterocycles. The van der Waals surface area contributed by atoms with Crippen molar-refractivity contribution in [2.24, 2.45) is 5.41 Å². The summed E-state index contributed by atoms with van der Waals surface area (Å²) in [6.45, 7) is 6.31. The Kier molecular flexibility index (Phi) is 4.94. The van der Waals surface area contributed by atoms with Crippen molar-refractivity contribution in [3.05, 3.63) is 70.7 Å². The van der Waals surface area contributed by atoms with Gasteiger partial charge in [0.25, 0.3) is 0 Å². The minimum atomic E-state index is -0.325. The number of nitrogens with zero attached hydrogens (tertiary/aromatic N) is 5. The van der Waals surface area contributed by atoms with Gasteiger partial charge in [0.1, 0.15) is 17.7 Å². The second-order valence-electron chi connectivity index (χ2n) is 8.89. The maximum atomic E-state index is 6.27. The Morgan fingerprint density at radius 2 is 1.82 bits per heavy atom. The van der Waals surface area contributed by atoms with Crippen LogP contribution in [0.15, 0.2) is 55.1 Å². The molecule has 6 rings (SSSR count). The lowest BCUT2D eigenvalue weighted by molar-refractivity contribution is 0.120. The van der Waals surface area contributed by atoms with Crippen molar-refractivity contribution in [1.82, 2.24) is 25.1 Å². The van der Waals surface area contributed by atoms with Crippen molar-refractivity contribution >= 4 is 39.9 Å². The van der Waals surface area contributed by atoms with Gasteiger partial charge in [-0.3, -0.25) is 4.98 Å². The minimum Gasteiger partial charge on any atom is -0.486 e. The maximum absolute atomic E-state index is 6.27. The van der Waals surface area contributed by atoms with Crippen LogP contribution in [-0.2, 0) is 0 Å². The largest absolute Gasteiger partial charge is 0.486 e.